The van der Waals surface area contributed by atoms with Crippen LogP contribution < -0.4 is 10.1 Å². The average molecular weight is 326 g/mol. The fourth-order valence-electron chi connectivity index (χ4n) is 2.33. The molecule has 1 saturated heterocycles. The first-order valence-corrected chi connectivity index (χ1v) is 7.65. The first kappa shape index (κ1) is 17.5. The largest absolute Gasteiger partial charge is 0.488 e. The number of carbonyl (C=O) groups excluding carboxylic acids is 1. The van der Waals surface area contributed by atoms with Crippen LogP contribution in [0, 0.1) is 5.82 Å². The number of anilines is 1. The van der Waals surface area contributed by atoms with Crippen LogP contribution in [0.5, 0.6) is 5.75 Å². The van der Waals surface area contributed by atoms with Gasteiger partial charge in [-0.3, -0.25) is 0 Å². The maximum Gasteiger partial charge on any atom is 0.321 e. The highest BCUT2D eigenvalue weighted by Crippen LogP contribution is 2.21. The van der Waals surface area contributed by atoms with E-state index in [2.05, 4.69) is 5.32 Å². The zero-order valence-corrected chi connectivity index (χ0v) is 13.5. The van der Waals surface area contributed by atoms with Gasteiger partial charge in [-0.1, -0.05) is 0 Å². The smallest absolute Gasteiger partial charge is 0.321 e. The van der Waals surface area contributed by atoms with E-state index in [-0.39, 0.29) is 24.5 Å². The molecule has 6 nitrogen and oxygen atoms in total. The number of nitrogens with zero attached hydrogens (tertiary/aromatic N) is 1. The molecule has 0 bridgehead atoms. The van der Waals surface area contributed by atoms with Crippen LogP contribution in [-0.2, 0) is 9.47 Å². The Hall–Kier alpha value is -1.86. The van der Waals surface area contributed by atoms with Crippen molar-refractivity contribution in [1.82, 2.24) is 4.90 Å². The number of amides is 2. The van der Waals surface area contributed by atoms with E-state index in [4.69, 9.17) is 14.2 Å². The van der Waals surface area contributed by atoms with E-state index in [0.29, 0.717) is 18.8 Å². The van der Waals surface area contributed by atoms with E-state index in [1.807, 2.05) is 0 Å². The van der Waals surface area contributed by atoms with Gasteiger partial charge in [0.2, 0.25) is 0 Å². The van der Waals surface area contributed by atoms with Crippen LogP contribution in [0.3, 0.4) is 0 Å². The molecule has 128 valence electrons. The van der Waals surface area contributed by atoms with Crippen LogP contribution >= 0.6 is 0 Å². The molecule has 2 rings (SSSR count). The van der Waals surface area contributed by atoms with Crippen molar-refractivity contribution in [2.24, 2.45) is 0 Å². The molecule has 23 heavy (non-hydrogen) atoms. The summed E-state index contributed by atoms with van der Waals surface area (Å²) in [4.78, 5) is 13.6. The van der Waals surface area contributed by atoms with Gasteiger partial charge in [-0.25, -0.2) is 9.18 Å². The maximum atomic E-state index is 13.9. The first-order chi connectivity index (χ1) is 11.1. The number of rotatable bonds is 7. The zero-order valence-electron chi connectivity index (χ0n) is 13.5. The Labute approximate surface area is 135 Å². The minimum Gasteiger partial charge on any atom is -0.488 e. The summed E-state index contributed by atoms with van der Waals surface area (Å²) in [5, 5.41) is 2.66. The molecule has 7 heteroatoms. The fraction of sp³-hybridized carbons (Fsp3) is 0.562. The van der Waals surface area contributed by atoms with Gasteiger partial charge < -0.3 is 24.4 Å². The highest BCUT2D eigenvalue weighted by Gasteiger charge is 2.20. The summed E-state index contributed by atoms with van der Waals surface area (Å²) in [7, 11) is 3.24. The second kappa shape index (κ2) is 8.69. The molecule has 0 saturated carbocycles. The Morgan fingerprint density at radius 1 is 1.48 bits per heavy atom. The van der Waals surface area contributed by atoms with Gasteiger partial charge in [0.05, 0.1) is 12.7 Å². The van der Waals surface area contributed by atoms with Crippen LogP contribution in [0.25, 0.3) is 0 Å². The van der Waals surface area contributed by atoms with Gasteiger partial charge in [-0.15, -0.1) is 0 Å². The Balaban J connectivity index is 1.86. The van der Waals surface area contributed by atoms with Crippen molar-refractivity contribution in [2.75, 3.05) is 45.8 Å². The number of methoxy groups -OCH3 is 1. The van der Waals surface area contributed by atoms with Crippen LogP contribution in [0.4, 0.5) is 14.9 Å². The number of carbonyl (C=O) groups is 1. The molecule has 0 aliphatic carbocycles. The van der Waals surface area contributed by atoms with Gasteiger partial charge in [0.1, 0.15) is 6.61 Å². The van der Waals surface area contributed by atoms with Gasteiger partial charge in [0, 0.05) is 39.1 Å². The van der Waals surface area contributed by atoms with Crippen molar-refractivity contribution < 1.29 is 23.4 Å². The Bertz CT molecular complexity index is 521. The lowest BCUT2D eigenvalue weighted by molar-refractivity contribution is 0.0894. The average Bonchev–Trinajstić information content (AvgIpc) is 3.02. The Morgan fingerprint density at radius 3 is 2.96 bits per heavy atom. The summed E-state index contributed by atoms with van der Waals surface area (Å²) >= 11 is 0. The molecule has 0 spiro atoms. The van der Waals surface area contributed by atoms with Crippen molar-refractivity contribution in [1.29, 1.82) is 0 Å². The SMILES string of the molecule is COCCOc1ccc(NC(=O)N(C)C[C@@H]2CCCO2)cc1F. The standard InChI is InChI=1S/C16H23FN2O4/c1-19(11-13-4-3-7-22-13)16(20)18-12-5-6-15(14(17)10-12)23-9-8-21-2/h5-6,10,13H,3-4,7-9,11H2,1-2H3,(H,18,20)/t13-/m0/s1. The quantitative estimate of drug-likeness (QED) is 0.782. The lowest BCUT2D eigenvalue weighted by atomic mass is 10.2. The third kappa shape index (κ3) is 5.37. The maximum absolute atomic E-state index is 13.9. The molecule has 0 aromatic heterocycles. The van der Waals surface area contributed by atoms with E-state index in [1.54, 1.807) is 20.2 Å². The van der Waals surface area contributed by atoms with Crippen molar-refractivity contribution in [3.05, 3.63) is 24.0 Å². The summed E-state index contributed by atoms with van der Waals surface area (Å²) in [6, 6.07) is 4.02. The Morgan fingerprint density at radius 2 is 2.30 bits per heavy atom. The van der Waals surface area contributed by atoms with Crippen LogP contribution in [0.15, 0.2) is 18.2 Å². The number of nitrogens with one attached hydrogen (secondary N) is 1. The lowest BCUT2D eigenvalue weighted by Gasteiger charge is -2.21. The molecule has 1 aromatic rings. The third-order valence-electron chi connectivity index (χ3n) is 3.58. The topological polar surface area (TPSA) is 60.0 Å². The number of hydrogen-bond acceptors (Lipinski definition) is 4. The second-order valence-electron chi connectivity index (χ2n) is 5.43. The number of urea groups is 1. The highest BCUT2D eigenvalue weighted by molar-refractivity contribution is 5.89. The Kier molecular flexibility index (Phi) is 6.61. The van der Waals surface area contributed by atoms with Crippen LogP contribution in [0.2, 0.25) is 0 Å². The monoisotopic (exact) mass is 326 g/mol. The summed E-state index contributed by atoms with van der Waals surface area (Å²) in [6.45, 7) is 1.91. The number of hydrogen-bond donors (Lipinski definition) is 1. The zero-order chi connectivity index (χ0) is 16.7. The number of benzene rings is 1. The van der Waals surface area contributed by atoms with Gasteiger partial charge in [-0.05, 0) is 25.0 Å². The minimum atomic E-state index is -0.527. The molecule has 2 amide bonds. The van der Waals surface area contributed by atoms with Crippen LogP contribution in [0.1, 0.15) is 12.8 Å². The third-order valence-corrected chi connectivity index (χ3v) is 3.58. The number of halogens is 1. The minimum absolute atomic E-state index is 0.0825. The normalized spacial score (nSPS) is 17.1. The number of likely N-dealkylation sites (N-methyl/N-ethyl adjacent to an activating group) is 1. The molecule has 1 heterocycles. The summed E-state index contributed by atoms with van der Waals surface area (Å²) in [6.07, 6.45) is 2.06. The fourth-order valence-corrected chi connectivity index (χ4v) is 2.33. The molecule has 1 aliphatic heterocycles. The molecule has 0 radical (unpaired) electrons. The molecule has 1 aromatic carbocycles. The lowest BCUT2D eigenvalue weighted by Crippen LogP contribution is -2.37. The molecular weight excluding hydrogens is 303 g/mol. The first-order valence-electron chi connectivity index (χ1n) is 7.65. The van der Waals surface area contributed by atoms with Gasteiger partial charge in [-0.2, -0.15) is 0 Å². The summed E-state index contributed by atoms with van der Waals surface area (Å²) in [5.74, 6) is -0.395. The van der Waals surface area contributed by atoms with E-state index in [1.165, 1.54) is 17.0 Å². The molecule has 1 aliphatic rings. The van der Waals surface area contributed by atoms with E-state index >= 15 is 0 Å². The molecule has 1 fully saturated rings. The predicted octanol–water partition coefficient (Wildman–Crippen LogP) is 2.49. The highest BCUT2D eigenvalue weighted by atomic mass is 19.1. The van der Waals surface area contributed by atoms with Gasteiger partial charge in [0.25, 0.3) is 0 Å². The second-order valence-corrected chi connectivity index (χ2v) is 5.43. The molecular formula is C16H23FN2O4. The van der Waals surface area contributed by atoms with Crippen molar-refractivity contribution in [3.8, 4) is 5.75 Å². The molecule has 0 unspecified atom stereocenters. The summed E-state index contributed by atoms with van der Waals surface area (Å²) < 4.78 is 29.5. The predicted molar refractivity (Wildman–Crippen MR) is 84.4 cm³/mol. The molecule has 1 atom stereocenters. The number of ether oxygens (including phenoxy) is 3. The van der Waals surface area contributed by atoms with Crippen molar-refractivity contribution in [3.63, 3.8) is 0 Å². The van der Waals surface area contributed by atoms with E-state index in [0.717, 1.165) is 19.4 Å². The van der Waals surface area contributed by atoms with Crippen LogP contribution in [-0.4, -0.2) is 57.6 Å². The van der Waals surface area contributed by atoms with Gasteiger partial charge in [0.15, 0.2) is 11.6 Å². The van der Waals surface area contributed by atoms with Crippen molar-refractivity contribution >= 4 is 11.7 Å². The van der Waals surface area contributed by atoms with Crippen molar-refractivity contribution in [2.45, 2.75) is 18.9 Å². The van der Waals surface area contributed by atoms with E-state index in [9.17, 15) is 9.18 Å². The van der Waals surface area contributed by atoms with E-state index < -0.39 is 5.82 Å². The molecule has 1 N–H and O–H groups in total. The van der Waals surface area contributed by atoms with Gasteiger partial charge >= 0.3 is 6.03 Å². The summed E-state index contributed by atoms with van der Waals surface area (Å²) in [5.41, 5.74) is 0.380.